The lowest BCUT2D eigenvalue weighted by Crippen LogP contribution is -2.24. The van der Waals surface area contributed by atoms with Gasteiger partial charge in [-0.1, -0.05) is 86.6 Å². The molecular formula is C43H45FN2O8. The van der Waals surface area contributed by atoms with Crippen molar-refractivity contribution in [2.75, 3.05) is 19.0 Å². The lowest BCUT2D eigenvalue weighted by Gasteiger charge is -2.20. The summed E-state index contributed by atoms with van der Waals surface area (Å²) in [7, 11) is -3.12. The number of para-hydroxylation sites is 2. The molecule has 0 fully saturated rings. The molecule has 10 nitrogen and oxygen atoms in total. The van der Waals surface area contributed by atoms with Gasteiger partial charge in [-0.25, -0.2) is 9.18 Å². The minimum Gasteiger partial charge on any atom is -0.487 e. The van der Waals surface area contributed by atoms with Crippen LogP contribution in [-0.2, 0) is 32.2 Å². The van der Waals surface area contributed by atoms with Crippen LogP contribution in [0.4, 0.5) is 10.1 Å². The van der Waals surface area contributed by atoms with Crippen molar-refractivity contribution in [2.24, 2.45) is 0 Å². The average Bonchev–Trinajstić information content (AvgIpc) is 3.55. The third-order valence-electron chi connectivity index (χ3n) is 8.42. The van der Waals surface area contributed by atoms with E-state index in [1.807, 2.05) is 30.3 Å². The zero-order valence-electron chi connectivity index (χ0n) is 35.8. The number of benzene rings is 4. The van der Waals surface area contributed by atoms with Crippen LogP contribution in [0.2, 0.25) is 0 Å². The van der Waals surface area contributed by atoms with Crippen molar-refractivity contribution in [1.29, 1.82) is 0 Å². The minimum atomic E-state index is -3.14. The number of anilines is 1. The van der Waals surface area contributed by atoms with Crippen molar-refractivity contribution < 1.29 is 51.4 Å². The molecule has 0 saturated carbocycles. The number of rotatable bonds is 17. The van der Waals surface area contributed by atoms with Crippen LogP contribution < -0.4 is 10.1 Å². The first-order valence-corrected chi connectivity index (χ1v) is 17.2. The van der Waals surface area contributed by atoms with Gasteiger partial charge in [0.2, 0.25) is 0 Å². The molecule has 0 aliphatic carbocycles. The van der Waals surface area contributed by atoms with E-state index in [9.17, 15) is 30.4 Å². The summed E-state index contributed by atoms with van der Waals surface area (Å²) in [4.78, 5) is 39.0. The molecule has 0 radical (unpaired) electrons. The van der Waals surface area contributed by atoms with E-state index < -0.39 is 68.2 Å². The van der Waals surface area contributed by atoms with Crippen molar-refractivity contribution >= 4 is 23.5 Å². The first-order valence-electron chi connectivity index (χ1n) is 20.2. The Kier molecular flexibility index (Phi) is 11.1. The van der Waals surface area contributed by atoms with E-state index in [0.29, 0.717) is 33.8 Å². The summed E-state index contributed by atoms with van der Waals surface area (Å²) in [5, 5.41) is 25.0. The van der Waals surface area contributed by atoms with Gasteiger partial charge in [0.05, 0.1) is 46.7 Å². The molecule has 0 unspecified atom stereocenters. The molecule has 0 spiro atoms. The maximum absolute atomic E-state index is 14.8. The molecule has 0 bridgehead atoms. The highest BCUT2D eigenvalue weighted by molar-refractivity contribution is 6.13. The van der Waals surface area contributed by atoms with Gasteiger partial charge in [-0.05, 0) is 71.8 Å². The molecule has 11 heteroatoms. The summed E-state index contributed by atoms with van der Waals surface area (Å²) in [5.74, 6) is -5.37. The van der Waals surface area contributed by atoms with Gasteiger partial charge >= 0.3 is 11.9 Å². The number of carbonyl (C=O) groups excluding carboxylic acids is 3. The Balaban J connectivity index is 1.52. The summed E-state index contributed by atoms with van der Waals surface area (Å²) in [6, 6.07) is 30.9. The molecule has 3 N–H and O–H groups in total. The first kappa shape index (κ1) is 31.7. The molecule has 4 aromatic carbocycles. The maximum Gasteiger partial charge on any atom is 0.344 e. The number of aliphatic hydroxyl groups excluding tert-OH is 2. The second-order valence-corrected chi connectivity index (χ2v) is 12.6. The van der Waals surface area contributed by atoms with Crippen LogP contribution in [0.5, 0.6) is 5.75 Å². The van der Waals surface area contributed by atoms with Gasteiger partial charge < -0.3 is 34.3 Å². The zero-order chi connectivity index (χ0) is 43.8. The summed E-state index contributed by atoms with van der Waals surface area (Å²) in [6.45, 7) is 2.05. The number of esters is 2. The van der Waals surface area contributed by atoms with Gasteiger partial charge in [-0.15, -0.1) is 0 Å². The van der Waals surface area contributed by atoms with Crippen molar-refractivity contribution in [1.82, 2.24) is 4.57 Å². The molecule has 0 aliphatic heterocycles. The Morgan fingerprint density at radius 3 is 2.22 bits per heavy atom. The highest BCUT2D eigenvalue weighted by Gasteiger charge is 2.31. The number of methoxy groups -OCH3 is 1. The lowest BCUT2D eigenvalue weighted by molar-refractivity contribution is -0.158. The number of hydrogen-bond donors (Lipinski definition) is 3. The normalized spacial score (nSPS) is 14.5. The van der Waals surface area contributed by atoms with Crippen LogP contribution in [-0.4, -0.2) is 58.5 Å². The highest BCUT2D eigenvalue weighted by Crippen LogP contribution is 2.43. The molecule has 0 aliphatic rings. The van der Waals surface area contributed by atoms with Gasteiger partial charge in [-0.2, -0.15) is 0 Å². The number of hydrogen-bond acceptors (Lipinski definition) is 8. The first-order chi connectivity index (χ1) is 28.3. The third kappa shape index (κ3) is 10.2. The molecule has 1 amide bonds. The van der Waals surface area contributed by atoms with E-state index in [0.717, 1.165) is 5.56 Å². The van der Waals surface area contributed by atoms with Gasteiger partial charge in [0, 0.05) is 21.9 Å². The van der Waals surface area contributed by atoms with E-state index in [1.165, 1.54) is 24.3 Å². The molecule has 5 rings (SSSR count). The van der Waals surface area contributed by atoms with Gasteiger partial charge in [0.15, 0.2) is 6.61 Å². The predicted octanol–water partition coefficient (Wildman–Crippen LogP) is 7.52. The average molecular weight is 743 g/mol. The second-order valence-electron chi connectivity index (χ2n) is 12.6. The molecule has 2 atom stereocenters. The number of halogens is 1. The Hall–Kier alpha value is -5.78. The molecule has 5 aromatic rings. The minimum absolute atomic E-state index is 0.115. The van der Waals surface area contributed by atoms with Crippen molar-refractivity contribution in [2.45, 2.75) is 64.3 Å². The molecule has 0 saturated heterocycles. The van der Waals surface area contributed by atoms with Crippen molar-refractivity contribution in [3.05, 3.63) is 132 Å². The molecule has 1 heterocycles. The highest BCUT2D eigenvalue weighted by atomic mass is 19.1. The molecular weight excluding hydrogens is 691 g/mol. The van der Waals surface area contributed by atoms with Crippen LogP contribution in [0.1, 0.15) is 68.8 Å². The van der Waals surface area contributed by atoms with Gasteiger partial charge in [0.1, 0.15) is 18.2 Å². The van der Waals surface area contributed by atoms with Crippen molar-refractivity contribution in [3.63, 3.8) is 0 Å². The summed E-state index contributed by atoms with van der Waals surface area (Å²) in [6.07, 6.45) is -7.69. The Morgan fingerprint density at radius 2 is 1.54 bits per heavy atom. The number of carbonyl (C=O) groups is 3. The van der Waals surface area contributed by atoms with E-state index in [-0.39, 0.29) is 30.8 Å². The smallest absolute Gasteiger partial charge is 0.344 e. The van der Waals surface area contributed by atoms with E-state index in [1.54, 1.807) is 73.0 Å². The monoisotopic (exact) mass is 742 g/mol. The predicted molar refractivity (Wildman–Crippen MR) is 203 cm³/mol. The molecule has 54 heavy (non-hydrogen) atoms. The van der Waals surface area contributed by atoms with Crippen molar-refractivity contribution in [3.8, 4) is 28.1 Å². The third-order valence-corrected chi connectivity index (χ3v) is 8.42. The lowest BCUT2D eigenvalue weighted by atomic mass is 9.94. The quantitative estimate of drug-likeness (QED) is 0.0833. The van der Waals surface area contributed by atoms with E-state index >= 15 is 0 Å². The van der Waals surface area contributed by atoms with Gasteiger partial charge in [-0.3, -0.25) is 9.59 Å². The Bertz CT molecular complexity index is 2260. The Morgan fingerprint density at radius 1 is 0.870 bits per heavy atom. The van der Waals surface area contributed by atoms with Crippen LogP contribution in [0, 0.1) is 5.82 Å². The van der Waals surface area contributed by atoms with Gasteiger partial charge in [0.25, 0.3) is 5.91 Å². The van der Waals surface area contributed by atoms with E-state index in [4.69, 9.17) is 11.6 Å². The summed E-state index contributed by atoms with van der Waals surface area (Å²) >= 11 is 0. The SMILES string of the molecule is [2H]C([2H])([2H])OC(=O)COC(=O)C([2H])([2H])[C@H](O)C[C@H](O)CCn1c(-c2ccc(F)cc2)c(-c2ccccc2)c(C(=O)Nc2ccccc2OCc2ccccc2)c1C([2H])(C)C. The molecule has 1 aromatic heterocycles. The van der Waals surface area contributed by atoms with E-state index in [2.05, 4.69) is 14.8 Å². The number of aromatic nitrogens is 1. The number of nitrogens with zero attached hydrogens (tertiary/aromatic N) is 1. The topological polar surface area (TPSA) is 136 Å². The number of aliphatic hydroxyl groups is 2. The van der Waals surface area contributed by atoms with Crippen LogP contribution >= 0.6 is 0 Å². The Labute approximate surface area is 322 Å². The standard InChI is InChI=1S/C43H45FN2O8/c1-28(2)41-40(43(51)45-35-16-10-11-17-36(35)53-26-29-12-6-4-7-13-29)39(30-14-8-5-9-15-30)42(31-18-20-32(44)21-19-31)46(41)23-22-33(47)24-34(48)25-37(49)54-27-38(50)52-3/h4-21,28,33-34,47-48H,22-27H2,1-3H3,(H,45,51)/t33-,34-/m1/s1/i3D3,25D2,28D. The number of nitrogens with one attached hydrogen (secondary N) is 1. The van der Waals surface area contributed by atoms with Crippen LogP contribution in [0.25, 0.3) is 22.4 Å². The summed E-state index contributed by atoms with van der Waals surface area (Å²) < 4.78 is 77.4. The summed E-state index contributed by atoms with van der Waals surface area (Å²) in [5.41, 5.74) is 3.47. The fourth-order valence-corrected chi connectivity index (χ4v) is 6.04. The second kappa shape index (κ2) is 18.8. The van der Waals surface area contributed by atoms with Crippen LogP contribution in [0.3, 0.4) is 0 Å². The molecule has 282 valence electrons. The maximum atomic E-state index is 14.8. The van der Waals surface area contributed by atoms with Crippen LogP contribution in [0.15, 0.2) is 109 Å². The zero-order valence-corrected chi connectivity index (χ0v) is 29.8. The largest absolute Gasteiger partial charge is 0.487 e. The fraction of sp³-hybridized carbons (Fsp3) is 0.279. The number of ether oxygens (including phenoxy) is 3. The number of amides is 1. The fourth-order valence-electron chi connectivity index (χ4n) is 6.04.